The minimum absolute atomic E-state index is 0.0218. The van der Waals surface area contributed by atoms with E-state index in [1.807, 2.05) is 0 Å². The van der Waals surface area contributed by atoms with Crippen molar-refractivity contribution in [3.05, 3.63) is 0 Å². The molecule has 0 spiro atoms. The van der Waals surface area contributed by atoms with Crippen molar-refractivity contribution >= 4 is 0 Å². The van der Waals surface area contributed by atoms with Gasteiger partial charge in [-0.05, 0) is 6.42 Å². The number of aliphatic hydroxyl groups excluding tert-OH is 1. The highest BCUT2D eigenvalue weighted by Gasteiger charge is 2.03. The zero-order valence-electron chi connectivity index (χ0n) is 11.5. The van der Waals surface area contributed by atoms with Crippen LogP contribution in [0.4, 0.5) is 0 Å². The van der Waals surface area contributed by atoms with Crippen molar-refractivity contribution in [3.63, 3.8) is 0 Å². The highest BCUT2D eigenvalue weighted by atomic mass is 16.5. The summed E-state index contributed by atoms with van der Waals surface area (Å²) in [6.07, 6.45) is 14.1. The van der Waals surface area contributed by atoms with E-state index in [4.69, 9.17) is 10.3 Å². The number of hydroxylamine groups is 1. The second kappa shape index (κ2) is 13.9. The molecule has 0 aromatic heterocycles. The van der Waals surface area contributed by atoms with E-state index in [2.05, 4.69) is 12.4 Å². The van der Waals surface area contributed by atoms with Crippen LogP contribution in [0, 0.1) is 0 Å². The van der Waals surface area contributed by atoms with Crippen LogP contribution in [-0.4, -0.2) is 23.0 Å². The Kier molecular flexibility index (Phi) is 13.8. The second-order valence-electron chi connectivity index (χ2n) is 4.98. The second-order valence-corrected chi connectivity index (χ2v) is 4.98. The SMILES string of the molecule is CCCCCCCCCCCCC(CO)NO. The molecular weight excluding hydrogens is 214 g/mol. The predicted octanol–water partition coefficient (Wildman–Crippen LogP) is 3.64. The van der Waals surface area contributed by atoms with Gasteiger partial charge in [0, 0.05) is 0 Å². The van der Waals surface area contributed by atoms with Gasteiger partial charge in [-0.1, -0.05) is 71.1 Å². The zero-order valence-corrected chi connectivity index (χ0v) is 11.5. The van der Waals surface area contributed by atoms with Crippen molar-refractivity contribution in [3.8, 4) is 0 Å². The molecule has 0 saturated heterocycles. The van der Waals surface area contributed by atoms with Gasteiger partial charge in [0.1, 0.15) is 0 Å². The Bertz CT molecular complexity index is 138. The first-order valence-electron chi connectivity index (χ1n) is 7.35. The monoisotopic (exact) mass is 245 g/mol. The largest absolute Gasteiger partial charge is 0.395 e. The van der Waals surface area contributed by atoms with Crippen LogP contribution < -0.4 is 5.48 Å². The number of hydrogen-bond acceptors (Lipinski definition) is 3. The maximum Gasteiger partial charge on any atom is 0.0607 e. The average Bonchev–Trinajstić information content (AvgIpc) is 2.36. The molecule has 0 bridgehead atoms. The Morgan fingerprint density at radius 3 is 1.71 bits per heavy atom. The predicted molar refractivity (Wildman–Crippen MR) is 72.3 cm³/mol. The Morgan fingerprint density at radius 1 is 0.824 bits per heavy atom. The Balaban J connectivity index is 3.03. The molecule has 0 aromatic rings. The Morgan fingerprint density at radius 2 is 1.29 bits per heavy atom. The minimum atomic E-state index is -0.135. The molecule has 0 radical (unpaired) electrons. The van der Waals surface area contributed by atoms with Crippen LogP contribution in [0.15, 0.2) is 0 Å². The summed E-state index contributed by atoms with van der Waals surface area (Å²) in [6, 6.07) is -0.135. The van der Waals surface area contributed by atoms with Crippen LogP contribution in [0.2, 0.25) is 0 Å². The van der Waals surface area contributed by atoms with Gasteiger partial charge in [0.25, 0.3) is 0 Å². The van der Waals surface area contributed by atoms with Gasteiger partial charge in [-0.25, -0.2) is 5.48 Å². The molecule has 1 atom stereocenters. The average molecular weight is 245 g/mol. The fourth-order valence-electron chi connectivity index (χ4n) is 2.07. The van der Waals surface area contributed by atoms with E-state index in [0.29, 0.717) is 0 Å². The quantitative estimate of drug-likeness (QED) is 0.343. The molecule has 3 N–H and O–H groups in total. The molecule has 0 rings (SSSR count). The van der Waals surface area contributed by atoms with Gasteiger partial charge in [0.15, 0.2) is 0 Å². The number of aliphatic hydroxyl groups is 1. The summed E-state index contributed by atoms with van der Waals surface area (Å²) in [4.78, 5) is 0. The summed E-state index contributed by atoms with van der Waals surface area (Å²) < 4.78 is 0. The third kappa shape index (κ3) is 12.1. The third-order valence-electron chi connectivity index (χ3n) is 3.31. The van der Waals surface area contributed by atoms with E-state index in [1.54, 1.807) is 0 Å². The highest BCUT2D eigenvalue weighted by Crippen LogP contribution is 2.11. The van der Waals surface area contributed by atoms with E-state index in [1.165, 1.54) is 57.8 Å². The maximum absolute atomic E-state index is 8.85. The Labute approximate surface area is 107 Å². The first-order chi connectivity index (χ1) is 8.35. The topological polar surface area (TPSA) is 52.5 Å². The summed E-state index contributed by atoms with van der Waals surface area (Å²) >= 11 is 0. The molecule has 0 heterocycles. The molecule has 0 saturated carbocycles. The number of hydrogen-bond donors (Lipinski definition) is 3. The van der Waals surface area contributed by atoms with Gasteiger partial charge in [-0.3, -0.25) is 0 Å². The van der Waals surface area contributed by atoms with Crippen molar-refractivity contribution in [1.82, 2.24) is 5.48 Å². The van der Waals surface area contributed by atoms with Gasteiger partial charge in [-0.2, -0.15) is 0 Å². The molecule has 0 fully saturated rings. The molecule has 0 aliphatic heterocycles. The summed E-state index contributed by atoms with van der Waals surface area (Å²) in [5, 5.41) is 17.5. The van der Waals surface area contributed by atoms with Crippen molar-refractivity contribution in [2.24, 2.45) is 0 Å². The van der Waals surface area contributed by atoms with Gasteiger partial charge in [0.05, 0.1) is 12.6 Å². The van der Waals surface area contributed by atoms with Gasteiger partial charge in [-0.15, -0.1) is 0 Å². The molecule has 1 unspecified atom stereocenters. The molecule has 17 heavy (non-hydrogen) atoms. The van der Waals surface area contributed by atoms with Crippen molar-refractivity contribution < 1.29 is 10.3 Å². The van der Waals surface area contributed by atoms with Crippen LogP contribution >= 0.6 is 0 Å². The highest BCUT2D eigenvalue weighted by molar-refractivity contribution is 4.59. The first-order valence-corrected chi connectivity index (χ1v) is 7.35. The van der Waals surface area contributed by atoms with Crippen LogP contribution in [-0.2, 0) is 0 Å². The van der Waals surface area contributed by atoms with Crippen LogP contribution in [0.3, 0.4) is 0 Å². The molecule has 0 aliphatic rings. The minimum Gasteiger partial charge on any atom is -0.395 e. The number of unbranched alkanes of at least 4 members (excludes halogenated alkanes) is 9. The molecule has 3 nitrogen and oxygen atoms in total. The van der Waals surface area contributed by atoms with E-state index < -0.39 is 0 Å². The van der Waals surface area contributed by atoms with E-state index in [0.717, 1.165) is 12.8 Å². The van der Waals surface area contributed by atoms with Gasteiger partial charge in [0.2, 0.25) is 0 Å². The summed E-state index contributed by atoms with van der Waals surface area (Å²) in [7, 11) is 0. The number of rotatable bonds is 13. The van der Waals surface area contributed by atoms with E-state index >= 15 is 0 Å². The molecule has 0 aliphatic carbocycles. The first kappa shape index (κ1) is 16.9. The van der Waals surface area contributed by atoms with E-state index in [-0.39, 0.29) is 12.6 Å². The smallest absolute Gasteiger partial charge is 0.0607 e. The third-order valence-corrected chi connectivity index (χ3v) is 3.31. The van der Waals surface area contributed by atoms with Crippen LogP contribution in [0.25, 0.3) is 0 Å². The fraction of sp³-hybridized carbons (Fsp3) is 1.00. The number of nitrogens with one attached hydrogen (secondary N) is 1. The lowest BCUT2D eigenvalue weighted by molar-refractivity contribution is 0.0850. The van der Waals surface area contributed by atoms with Crippen molar-refractivity contribution in [2.45, 2.75) is 83.6 Å². The lowest BCUT2D eigenvalue weighted by Gasteiger charge is -2.10. The lowest BCUT2D eigenvalue weighted by Crippen LogP contribution is -2.29. The summed E-state index contributed by atoms with van der Waals surface area (Å²) in [5.74, 6) is 0. The van der Waals surface area contributed by atoms with Crippen LogP contribution in [0.1, 0.15) is 77.6 Å². The molecule has 0 amide bonds. The van der Waals surface area contributed by atoms with Crippen LogP contribution in [0.5, 0.6) is 0 Å². The van der Waals surface area contributed by atoms with E-state index in [9.17, 15) is 0 Å². The molecule has 0 aromatic carbocycles. The maximum atomic E-state index is 8.85. The fourth-order valence-corrected chi connectivity index (χ4v) is 2.07. The molecule has 104 valence electrons. The normalized spacial score (nSPS) is 12.9. The van der Waals surface area contributed by atoms with Gasteiger partial charge < -0.3 is 10.3 Å². The molecular formula is C14H31NO2. The standard InChI is InChI=1S/C14H31NO2/c1-2-3-4-5-6-7-8-9-10-11-12-14(13-16)15-17/h14-17H,2-13H2,1H3. The zero-order chi connectivity index (χ0) is 12.8. The molecule has 3 heteroatoms. The van der Waals surface area contributed by atoms with Gasteiger partial charge >= 0.3 is 0 Å². The van der Waals surface area contributed by atoms with Crippen molar-refractivity contribution in [2.75, 3.05) is 6.61 Å². The van der Waals surface area contributed by atoms with Crippen molar-refractivity contribution in [1.29, 1.82) is 0 Å². The summed E-state index contributed by atoms with van der Waals surface area (Å²) in [5.41, 5.74) is 2.13. The lowest BCUT2D eigenvalue weighted by atomic mass is 10.0. The summed E-state index contributed by atoms with van der Waals surface area (Å²) in [6.45, 7) is 2.27. The Hall–Kier alpha value is -0.120.